The summed E-state index contributed by atoms with van der Waals surface area (Å²) >= 11 is 4.02. The highest BCUT2D eigenvalue weighted by Crippen LogP contribution is 2.30. The number of benzene rings is 1. The maximum atomic E-state index is 5.43. The molecule has 0 amide bonds. The van der Waals surface area contributed by atoms with Gasteiger partial charge in [-0.1, -0.05) is 11.8 Å². The maximum Gasteiger partial charge on any atom is 0.162 e. The fourth-order valence-corrected chi connectivity index (χ4v) is 1.34. The van der Waals surface area contributed by atoms with E-state index in [0.29, 0.717) is 19.0 Å². The summed E-state index contributed by atoms with van der Waals surface area (Å²) in [4.78, 5) is 0. The molecular formula is C11H10O2S. The first-order valence-corrected chi connectivity index (χ1v) is 5.03. The summed E-state index contributed by atoms with van der Waals surface area (Å²) in [7, 11) is 0. The molecule has 0 unspecified atom stereocenters. The van der Waals surface area contributed by atoms with E-state index in [9.17, 15) is 0 Å². The van der Waals surface area contributed by atoms with Crippen LogP contribution in [0.4, 0.5) is 0 Å². The molecule has 0 fully saturated rings. The van der Waals surface area contributed by atoms with Gasteiger partial charge in [0.2, 0.25) is 0 Å². The molecule has 1 heterocycles. The molecule has 3 heteroatoms. The van der Waals surface area contributed by atoms with Gasteiger partial charge in [-0.15, -0.1) is 0 Å². The monoisotopic (exact) mass is 206 g/mol. The van der Waals surface area contributed by atoms with Gasteiger partial charge in [-0.3, -0.25) is 0 Å². The van der Waals surface area contributed by atoms with Crippen molar-refractivity contribution in [2.45, 2.75) is 0 Å². The Hall–Kier alpha value is -1.27. The number of hydrogen-bond donors (Lipinski definition) is 1. The van der Waals surface area contributed by atoms with Crippen LogP contribution in [0, 0.1) is 11.8 Å². The lowest BCUT2D eigenvalue weighted by atomic mass is 10.2. The summed E-state index contributed by atoms with van der Waals surface area (Å²) in [6.07, 6.45) is 0. The molecule has 0 aliphatic carbocycles. The molecule has 0 N–H and O–H groups in total. The van der Waals surface area contributed by atoms with E-state index < -0.39 is 0 Å². The van der Waals surface area contributed by atoms with E-state index in [1.54, 1.807) is 0 Å². The highest BCUT2D eigenvalue weighted by atomic mass is 32.1. The normalized spacial score (nSPS) is 12.9. The van der Waals surface area contributed by atoms with Crippen LogP contribution < -0.4 is 9.47 Å². The van der Waals surface area contributed by atoms with E-state index in [0.717, 1.165) is 17.1 Å². The standard InChI is InChI=1S/C11H10O2S/c14-7-1-2-9-3-4-10-11(8-9)13-6-5-12-10/h3-4,8,14H,5-7H2. The van der Waals surface area contributed by atoms with E-state index in [4.69, 9.17) is 9.47 Å². The van der Waals surface area contributed by atoms with E-state index >= 15 is 0 Å². The van der Waals surface area contributed by atoms with E-state index in [1.807, 2.05) is 18.2 Å². The van der Waals surface area contributed by atoms with E-state index in [1.165, 1.54) is 0 Å². The number of rotatable bonds is 0. The van der Waals surface area contributed by atoms with Crippen LogP contribution in [0.25, 0.3) is 0 Å². The lowest BCUT2D eigenvalue weighted by Crippen LogP contribution is -2.15. The minimum absolute atomic E-state index is 0.564. The summed E-state index contributed by atoms with van der Waals surface area (Å²) < 4.78 is 10.8. The largest absolute Gasteiger partial charge is 0.486 e. The Balaban J connectivity index is 2.29. The van der Waals surface area contributed by atoms with E-state index in [-0.39, 0.29) is 0 Å². The lowest BCUT2D eigenvalue weighted by Gasteiger charge is -2.17. The van der Waals surface area contributed by atoms with Crippen LogP contribution in [0.15, 0.2) is 18.2 Å². The summed E-state index contributed by atoms with van der Waals surface area (Å²) in [5.74, 6) is 8.01. The van der Waals surface area contributed by atoms with Crippen molar-refractivity contribution in [2.75, 3.05) is 19.0 Å². The Morgan fingerprint density at radius 1 is 1.21 bits per heavy atom. The van der Waals surface area contributed by atoms with Gasteiger partial charge in [0.1, 0.15) is 13.2 Å². The first-order valence-electron chi connectivity index (χ1n) is 4.39. The Morgan fingerprint density at radius 3 is 2.79 bits per heavy atom. The zero-order valence-corrected chi connectivity index (χ0v) is 8.51. The fraction of sp³-hybridized carbons (Fsp3) is 0.273. The van der Waals surface area contributed by atoms with Crippen molar-refractivity contribution in [3.63, 3.8) is 0 Å². The molecule has 72 valence electrons. The zero-order chi connectivity index (χ0) is 9.80. The second kappa shape index (κ2) is 4.30. The zero-order valence-electron chi connectivity index (χ0n) is 7.62. The van der Waals surface area contributed by atoms with Gasteiger partial charge in [-0.05, 0) is 18.2 Å². The molecule has 0 spiro atoms. The van der Waals surface area contributed by atoms with Crippen LogP contribution in [-0.4, -0.2) is 19.0 Å². The molecule has 0 saturated heterocycles. The molecule has 14 heavy (non-hydrogen) atoms. The van der Waals surface area contributed by atoms with Crippen LogP contribution in [0.5, 0.6) is 11.5 Å². The minimum Gasteiger partial charge on any atom is -0.486 e. The number of fused-ring (bicyclic) bond motifs is 1. The summed E-state index contributed by atoms with van der Waals surface area (Å²) in [5, 5.41) is 0. The van der Waals surface area contributed by atoms with Crippen molar-refractivity contribution >= 4 is 12.6 Å². The van der Waals surface area contributed by atoms with Crippen molar-refractivity contribution < 1.29 is 9.47 Å². The third-order valence-corrected chi connectivity index (χ3v) is 2.01. The first kappa shape index (κ1) is 9.29. The number of thiol groups is 1. The van der Waals surface area contributed by atoms with Crippen LogP contribution in [0.2, 0.25) is 0 Å². The second-order valence-corrected chi connectivity index (χ2v) is 3.13. The van der Waals surface area contributed by atoms with Crippen LogP contribution in [0.1, 0.15) is 5.56 Å². The average molecular weight is 206 g/mol. The molecule has 0 radical (unpaired) electrons. The van der Waals surface area contributed by atoms with Gasteiger partial charge in [-0.2, -0.15) is 12.6 Å². The first-order chi connectivity index (χ1) is 6.90. The third kappa shape index (κ3) is 1.97. The summed E-state index contributed by atoms with van der Waals surface area (Å²) in [6.45, 7) is 1.23. The SMILES string of the molecule is SCC#Cc1ccc2c(c1)OCCO2. The number of ether oxygens (including phenoxy) is 2. The molecule has 0 atom stereocenters. The second-order valence-electron chi connectivity index (χ2n) is 2.82. The van der Waals surface area contributed by atoms with Crippen molar-refractivity contribution in [3.05, 3.63) is 23.8 Å². The predicted molar refractivity (Wildman–Crippen MR) is 58.2 cm³/mol. The molecule has 2 nitrogen and oxygen atoms in total. The molecule has 1 aliphatic rings. The van der Waals surface area contributed by atoms with Gasteiger partial charge in [0.25, 0.3) is 0 Å². The molecule has 1 aromatic rings. The van der Waals surface area contributed by atoms with Crippen LogP contribution in [0.3, 0.4) is 0 Å². The van der Waals surface area contributed by atoms with Gasteiger partial charge >= 0.3 is 0 Å². The highest BCUT2D eigenvalue weighted by molar-refractivity contribution is 7.80. The summed E-state index contributed by atoms with van der Waals surface area (Å²) in [6, 6.07) is 5.70. The summed E-state index contributed by atoms with van der Waals surface area (Å²) in [5.41, 5.74) is 0.934. The van der Waals surface area contributed by atoms with Crippen molar-refractivity contribution in [2.24, 2.45) is 0 Å². The van der Waals surface area contributed by atoms with Gasteiger partial charge in [0.05, 0.1) is 5.75 Å². The molecular weight excluding hydrogens is 196 g/mol. The average Bonchev–Trinajstić information content (AvgIpc) is 2.26. The number of hydrogen-bond acceptors (Lipinski definition) is 3. The molecule has 0 aromatic heterocycles. The minimum atomic E-state index is 0.564. The topological polar surface area (TPSA) is 18.5 Å². The van der Waals surface area contributed by atoms with Gasteiger partial charge in [0, 0.05) is 5.56 Å². The fourth-order valence-electron chi connectivity index (χ4n) is 1.26. The highest BCUT2D eigenvalue weighted by Gasteiger charge is 2.10. The smallest absolute Gasteiger partial charge is 0.162 e. The van der Waals surface area contributed by atoms with Gasteiger partial charge < -0.3 is 9.47 Å². The third-order valence-electron chi connectivity index (χ3n) is 1.85. The molecule has 1 aromatic carbocycles. The molecule has 2 rings (SSSR count). The Morgan fingerprint density at radius 2 is 2.00 bits per heavy atom. The predicted octanol–water partition coefficient (Wildman–Crippen LogP) is 1.74. The van der Waals surface area contributed by atoms with Crippen molar-refractivity contribution in [3.8, 4) is 23.3 Å². The van der Waals surface area contributed by atoms with Crippen molar-refractivity contribution in [1.29, 1.82) is 0 Å². The lowest BCUT2D eigenvalue weighted by molar-refractivity contribution is 0.171. The molecule has 0 saturated carbocycles. The van der Waals surface area contributed by atoms with Gasteiger partial charge in [-0.25, -0.2) is 0 Å². The maximum absolute atomic E-state index is 5.43. The molecule has 0 bridgehead atoms. The van der Waals surface area contributed by atoms with Crippen molar-refractivity contribution in [1.82, 2.24) is 0 Å². The van der Waals surface area contributed by atoms with E-state index in [2.05, 4.69) is 24.5 Å². The Labute approximate surface area is 88.6 Å². The quantitative estimate of drug-likeness (QED) is 0.515. The van der Waals surface area contributed by atoms with Gasteiger partial charge in [0.15, 0.2) is 11.5 Å². The van der Waals surface area contributed by atoms with Crippen LogP contribution in [-0.2, 0) is 0 Å². The molecule has 1 aliphatic heterocycles. The Bertz CT molecular complexity index is 390. The van der Waals surface area contributed by atoms with Crippen LogP contribution >= 0.6 is 12.6 Å². The Kier molecular flexibility index (Phi) is 2.85.